The first kappa shape index (κ1) is 13.0. The van der Waals surface area contributed by atoms with Gasteiger partial charge in [0.15, 0.2) is 0 Å². The largest absolute Gasteiger partial charge is 0.388 e. The Bertz CT molecular complexity index is 378. The standard InChI is InChI=1S/C11H17BrN4/c1-3-16(5-4-10(13)14)11-8(2)6-9(12)7-15-11/h6-7H,3-5H2,1-2H3,(H3,13,14). The van der Waals surface area contributed by atoms with E-state index in [1.807, 2.05) is 13.0 Å². The molecule has 0 aliphatic rings. The van der Waals surface area contributed by atoms with E-state index in [9.17, 15) is 0 Å². The maximum atomic E-state index is 7.24. The van der Waals surface area contributed by atoms with E-state index in [2.05, 4.69) is 32.7 Å². The van der Waals surface area contributed by atoms with E-state index >= 15 is 0 Å². The second-order valence-corrected chi connectivity index (χ2v) is 4.56. The topological polar surface area (TPSA) is 66.0 Å². The van der Waals surface area contributed by atoms with Crippen LogP contribution in [0.25, 0.3) is 0 Å². The summed E-state index contributed by atoms with van der Waals surface area (Å²) in [6, 6.07) is 2.04. The van der Waals surface area contributed by atoms with Gasteiger partial charge in [-0.1, -0.05) is 0 Å². The van der Waals surface area contributed by atoms with Gasteiger partial charge in [-0.3, -0.25) is 5.41 Å². The van der Waals surface area contributed by atoms with Crippen LogP contribution in [0, 0.1) is 12.3 Å². The lowest BCUT2D eigenvalue weighted by atomic mass is 10.2. The van der Waals surface area contributed by atoms with Crippen molar-refractivity contribution in [3.8, 4) is 0 Å². The molecule has 0 aliphatic carbocycles. The molecule has 1 aromatic heterocycles. The summed E-state index contributed by atoms with van der Waals surface area (Å²) in [4.78, 5) is 6.52. The molecule has 0 saturated carbocycles. The SMILES string of the molecule is CCN(CCC(=N)N)c1ncc(Br)cc1C. The third-order valence-electron chi connectivity index (χ3n) is 2.35. The maximum Gasteiger partial charge on any atom is 0.131 e. The van der Waals surface area contributed by atoms with Crippen LogP contribution in [0.4, 0.5) is 5.82 Å². The highest BCUT2D eigenvalue weighted by Crippen LogP contribution is 2.20. The van der Waals surface area contributed by atoms with Gasteiger partial charge in [0.05, 0.1) is 5.84 Å². The Morgan fingerprint density at radius 2 is 2.31 bits per heavy atom. The molecule has 0 atom stereocenters. The minimum Gasteiger partial charge on any atom is -0.388 e. The molecule has 0 saturated heterocycles. The first-order valence-corrected chi connectivity index (χ1v) is 6.04. The number of nitrogens with one attached hydrogen (secondary N) is 1. The molecule has 0 amide bonds. The number of aromatic nitrogens is 1. The summed E-state index contributed by atoms with van der Waals surface area (Å²) in [7, 11) is 0. The average molecular weight is 285 g/mol. The van der Waals surface area contributed by atoms with Crippen LogP contribution in [-0.4, -0.2) is 23.9 Å². The predicted molar refractivity (Wildman–Crippen MR) is 71.1 cm³/mol. The fourth-order valence-corrected chi connectivity index (χ4v) is 1.98. The lowest BCUT2D eigenvalue weighted by Crippen LogP contribution is -2.28. The van der Waals surface area contributed by atoms with Crippen LogP contribution in [0.3, 0.4) is 0 Å². The third-order valence-corrected chi connectivity index (χ3v) is 2.78. The van der Waals surface area contributed by atoms with Crippen LogP contribution < -0.4 is 10.6 Å². The van der Waals surface area contributed by atoms with Crippen molar-refractivity contribution in [2.45, 2.75) is 20.3 Å². The number of anilines is 1. The van der Waals surface area contributed by atoms with E-state index in [1.54, 1.807) is 6.20 Å². The summed E-state index contributed by atoms with van der Waals surface area (Å²) in [5, 5.41) is 7.24. The Kier molecular flexibility index (Phi) is 4.73. The molecule has 0 fully saturated rings. The molecule has 0 aromatic carbocycles. The van der Waals surface area contributed by atoms with E-state index in [0.29, 0.717) is 6.42 Å². The van der Waals surface area contributed by atoms with E-state index in [-0.39, 0.29) is 5.84 Å². The van der Waals surface area contributed by atoms with Crippen LogP contribution in [0.15, 0.2) is 16.7 Å². The van der Waals surface area contributed by atoms with Gasteiger partial charge < -0.3 is 10.6 Å². The average Bonchev–Trinajstić information content (AvgIpc) is 2.21. The van der Waals surface area contributed by atoms with Crippen molar-refractivity contribution in [3.05, 3.63) is 22.3 Å². The summed E-state index contributed by atoms with van der Waals surface area (Å²) < 4.78 is 0.983. The summed E-state index contributed by atoms with van der Waals surface area (Å²) in [5.74, 6) is 1.18. The monoisotopic (exact) mass is 284 g/mol. The Labute approximate surface area is 104 Å². The van der Waals surface area contributed by atoms with Crippen molar-refractivity contribution >= 4 is 27.6 Å². The number of aryl methyl sites for hydroxylation is 1. The van der Waals surface area contributed by atoms with E-state index in [1.165, 1.54) is 0 Å². The normalized spacial score (nSPS) is 10.2. The minimum absolute atomic E-state index is 0.216. The molecule has 0 radical (unpaired) electrons. The van der Waals surface area contributed by atoms with Gasteiger partial charge in [0, 0.05) is 30.2 Å². The molecule has 5 heteroatoms. The lowest BCUT2D eigenvalue weighted by Gasteiger charge is -2.23. The smallest absolute Gasteiger partial charge is 0.131 e. The second-order valence-electron chi connectivity index (χ2n) is 3.65. The maximum absolute atomic E-state index is 7.24. The van der Waals surface area contributed by atoms with Gasteiger partial charge in [-0.25, -0.2) is 4.98 Å². The predicted octanol–water partition coefficient (Wildman–Crippen LogP) is 2.30. The van der Waals surface area contributed by atoms with Crippen molar-refractivity contribution in [2.24, 2.45) is 5.73 Å². The molecule has 3 N–H and O–H groups in total. The highest BCUT2D eigenvalue weighted by atomic mass is 79.9. The first-order valence-electron chi connectivity index (χ1n) is 5.24. The summed E-state index contributed by atoms with van der Waals surface area (Å²) in [6.45, 7) is 5.71. The molecule has 0 unspecified atom stereocenters. The fraction of sp³-hybridized carbons (Fsp3) is 0.455. The number of amidine groups is 1. The van der Waals surface area contributed by atoms with Crippen LogP contribution in [-0.2, 0) is 0 Å². The lowest BCUT2D eigenvalue weighted by molar-refractivity contribution is 0.810. The van der Waals surface area contributed by atoms with Crippen molar-refractivity contribution in [3.63, 3.8) is 0 Å². The molecule has 4 nitrogen and oxygen atoms in total. The van der Waals surface area contributed by atoms with Crippen LogP contribution >= 0.6 is 15.9 Å². The fourth-order valence-electron chi connectivity index (χ4n) is 1.53. The van der Waals surface area contributed by atoms with Crippen molar-refractivity contribution in [2.75, 3.05) is 18.0 Å². The van der Waals surface area contributed by atoms with Crippen molar-refractivity contribution in [1.29, 1.82) is 5.41 Å². The zero-order chi connectivity index (χ0) is 12.1. The zero-order valence-corrected chi connectivity index (χ0v) is 11.2. The van der Waals surface area contributed by atoms with E-state index in [4.69, 9.17) is 11.1 Å². The van der Waals surface area contributed by atoms with Gasteiger partial charge in [0.1, 0.15) is 5.82 Å². The number of rotatable bonds is 5. The molecular formula is C11H17BrN4. The minimum atomic E-state index is 0.216. The second kappa shape index (κ2) is 5.84. The molecule has 0 spiro atoms. The molecule has 1 rings (SSSR count). The van der Waals surface area contributed by atoms with Crippen LogP contribution in [0.5, 0.6) is 0 Å². The molecular weight excluding hydrogens is 268 g/mol. The Balaban J connectivity index is 2.82. The number of hydrogen-bond donors (Lipinski definition) is 2. The first-order chi connectivity index (χ1) is 7.54. The third kappa shape index (κ3) is 3.48. The number of hydrogen-bond acceptors (Lipinski definition) is 3. The molecule has 16 heavy (non-hydrogen) atoms. The van der Waals surface area contributed by atoms with Crippen molar-refractivity contribution < 1.29 is 0 Å². The molecule has 1 heterocycles. The number of halogens is 1. The van der Waals surface area contributed by atoms with Gasteiger partial charge in [0.25, 0.3) is 0 Å². The van der Waals surface area contributed by atoms with Gasteiger partial charge in [0.2, 0.25) is 0 Å². The Morgan fingerprint density at radius 3 is 2.81 bits per heavy atom. The van der Waals surface area contributed by atoms with Gasteiger partial charge >= 0.3 is 0 Å². The number of nitrogens with two attached hydrogens (primary N) is 1. The summed E-state index contributed by atoms with van der Waals surface area (Å²) in [6.07, 6.45) is 2.36. The quantitative estimate of drug-likeness (QED) is 0.644. The van der Waals surface area contributed by atoms with Gasteiger partial charge in [-0.05, 0) is 41.4 Å². The zero-order valence-electron chi connectivity index (χ0n) is 9.63. The Morgan fingerprint density at radius 1 is 1.62 bits per heavy atom. The van der Waals surface area contributed by atoms with Crippen molar-refractivity contribution in [1.82, 2.24) is 4.98 Å². The van der Waals surface area contributed by atoms with Crippen LogP contribution in [0.2, 0.25) is 0 Å². The molecule has 0 aliphatic heterocycles. The molecule has 88 valence electrons. The summed E-state index contributed by atoms with van der Waals surface area (Å²) >= 11 is 3.39. The van der Waals surface area contributed by atoms with E-state index < -0.39 is 0 Å². The number of pyridine rings is 1. The molecule has 0 bridgehead atoms. The highest BCUT2D eigenvalue weighted by Gasteiger charge is 2.09. The van der Waals surface area contributed by atoms with Crippen LogP contribution in [0.1, 0.15) is 18.9 Å². The Hall–Kier alpha value is -1.10. The van der Waals surface area contributed by atoms with E-state index in [0.717, 1.165) is 28.9 Å². The number of nitrogens with zero attached hydrogens (tertiary/aromatic N) is 2. The highest BCUT2D eigenvalue weighted by molar-refractivity contribution is 9.10. The molecule has 1 aromatic rings. The van der Waals surface area contributed by atoms with Gasteiger partial charge in [-0.2, -0.15) is 0 Å². The van der Waals surface area contributed by atoms with Gasteiger partial charge in [-0.15, -0.1) is 0 Å². The summed E-state index contributed by atoms with van der Waals surface area (Å²) in [5.41, 5.74) is 6.49.